The molecule has 1 N–H and O–H groups in total. The van der Waals surface area contributed by atoms with Crippen LogP contribution in [0.2, 0.25) is 0 Å². The maximum absolute atomic E-state index is 12.8. The number of sulfone groups is 1. The van der Waals surface area contributed by atoms with Gasteiger partial charge in [-0.1, -0.05) is 6.07 Å². The van der Waals surface area contributed by atoms with E-state index in [-0.39, 0.29) is 29.5 Å². The molecule has 0 aliphatic carbocycles. The molecule has 0 radical (unpaired) electrons. The van der Waals surface area contributed by atoms with Crippen molar-refractivity contribution in [2.75, 3.05) is 24.6 Å². The van der Waals surface area contributed by atoms with Crippen LogP contribution in [0.25, 0.3) is 0 Å². The molecule has 2 aliphatic heterocycles. The zero-order chi connectivity index (χ0) is 17.6. The van der Waals surface area contributed by atoms with E-state index in [1.165, 1.54) is 11.3 Å². The van der Waals surface area contributed by atoms with Gasteiger partial charge in [0.2, 0.25) is 0 Å². The molecule has 2 atom stereocenters. The van der Waals surface area contributed by atoms with Crippen molar-refractivity contribution in [3.8, 4) is 0 Å². The minimum absolute atomic E-state index is 0.0465. The van der Waals surface area contributed by atoms with Gasteiger partial charge in [-0.3, -0.25) is 9.69 Å². The van der Waals surface area contributed by atoms with Crippen molar-refractivity contribution in [1.82, 2.24) is 19.8 Å². The van der Waals surface area contributed by atoms with Crippen LogP contribution in [0.1, 0.15) is 21.1 Å². The largest absolute Gasteiger partial charge is 0.348 e. The Morgan fingerprint density at radius 2 is 2.16 bits per heavy atom. The van der Waals surface area contributed by atoms with Gasteiger partial charge in [-0.15, -0.1) is 11.3 Å². The van der Waals surface area contributed by atoms with Gasteiger partial charge >= 0.3 is 0 Å². The molecule has 7 nitrogen and oxygen atoms in total. The lowest BCUT2D eigenvalue weighted by molar-refractivity contribution is 0.0306. The first kappa shape index (κ1) is 16.7. The monoisotopic (exact) mass is 380 g/mol. The number of imidazole rings is 1. The van der Waals surface area contributed by atoms with Gasteiger partial charge in [-0.25, -0.2) is 13.4 Å². The first-order valence-corrected chi connectivity index (χ1v) is 10.9. The third kappa shape index (κ3) is 3.11. The van der Waals surface area contributed by atoms with Crippen LogP contribution < -0.4 is 0 Å². The van der Waals surface area contributed by atoms with Gasteiger partial charge in [0.15, 0.2) is 9.84 Å². The van der Waals surface area contributed by atoms with Crippen molar-refractivity contribution in [3.63, 3.8) is 0 Å². The SMILES string of the molecule is Cc1[nH]cnc1CN1CCN(C(=O)c2cccs2)[C@@H]2CS(=O)(=O)C[C@@H]21. The molecule has 2 fully saturated rings. The van der Waals surface area contributed by atoms with Gasteiger partial charge in [0, 0.05) is 31.4 Å². The number of carbonyl (C=O) groups is 1. The molecule has 0 bridgehead atoms. The van der Waals surface area contributed by atoms with Crippen LogP contribution in [0.5, 0.6) is 0 Å². The summed E-state index contributed by atoms with van der Waals surface area (Å²) in [4.78, 5) is 24.8. The summed E-state index contributed by atoms with van der Waals surface area (Å²) >= 11 is 1.40. The summed E-state index contributed by atoms with van der Waals surface area (Å²) in [5.41, 5.74) is 1.93. The van der Waals surface area contributed by atoms with E-state index in [4.69, 9.17) is 0 Å². The molecule has 0 aromatic carbocycles. The second kappa shape index (κ2) is 6.22. The van der Waals surface area contributed by atoms with E-state index in [9.17, 15) is 13.2 Å². The fourth-order valence-electron chi connectivity index (χ4n) is 3.75. The average molecular weight is 380 g/mol. The van der Waals surface area contributed by atoms with E-state index in [2.05, 4.69) is 14.9 Å². The molecule has 1 amide bonds. The summed E-state index contributed by atoms with van der Waals surface area (Å²) in [6, 6.07) is 3.19. The van der Waals surface area contributed by atoms with Gasteiger partial charge < -0.3 is 9.88 Å². The number of fused-ring (bicyclic) bond motifs is 1. The first-order valence-electron chi connectivity index (χ1n) is 8.22. The maximum Gasteiger partial charge on any atom is 0.264 e. The Labute approximate surface area is 150 Å². The summed E-state index contributed by atoms with van der Waals surface area (Å²) in [6.45, 7) is 3.76. The number of piperazine rings is 1. The molecule has 0 spiro atoms. The van der Waals surface area contributed by atoms with Crippen LogP contribution in [0.4, 0.5) is 0 Å². The third-order valence-electron chi connectivity index (χ3n) is 5.07. The van der Waals surface area contributed by atoms with Gasteiger partial charge in [0.1, 0.15) is 0 Å². The number of hydrogen-bond donors (Lipinski definition) is 1. The Morgan fingerprint density at radius 3 is 2.84 bits per heavy atom. The quantitative estimate of drug-likeness (QED) is 0.855. The Morgan fingerprint density at radius 1 is 1.36 bits per heavy atom. The second-order valence-corrected chi connectivity index (χ2v) is 9.73. The Kier molecular flexibility index (Phi) is 4.17. The van der Waals surface area contributed by atoms with Gasteiger partial charge in [0.25, 0.3) is 5.91 Å². The molecule has 2 aromatic rings. The molecule has 25 heavy (non-hydrogen) atoms. The summed E-state index contributed by atoms with van der Waals surface area (Å²) in [6.07, 6.45) is 1.66. The topological polar surface area (TPSA) is 86.4 Å². The Balaban J connectivity index is 1.60. The maximum atomic E-state index is 12.8. The highest BCUT2D eigenvalue weighted by molar-refractivity contribution is 7.91. The summed E-state index contributed by atoms with van der Waals surface area (Å²) in [7, 11) is -3.15. The predicted molar refractivity (Wildman–Crippen MR) is 95.3 cm³/mol. The zero-order valence-electron chi connectivity index (χ0n) is 13.9. The molecule has 0 unspecified atom stereocenters. The highest BCUT2D eigenvalue weighted by Crippen LogP contribution is 2.30. The second-order valence-electron chi connectivity index (χ2n) is 6.63. The Hall–Kier alpha value is -1.71. The van der Waals surface area contributed by atoms with Crippen molar-refractivity contribution in [2.24, 2.45) is 0 Å². The fourth-order valence-corrected chi connectivity index (χ4v) is 6.44. The van der Waals surface area contributed by atoms with Crippen LogP contribution in [0.15, 0.2) is 23.8 Å². The standard InChI is InChI=1S/C16H20N4O3S2/c1-11-12(18-10-17-11)7-19-4-5-20(16(21)15-3-2-6-24-15)14-9-25(22,23)8-13(14)19/h2-3,6,10,13-14H,4-5,7-9H2,1H3,(H,17,18)/t13-,14+/m0/s1. The number of nitrogens with one attached hydrogen (secondary N) is 1. The molecule has 4 rings (SSSR count). The van der Waals surface area contributed by atoms with Crippen molar-refractivity contribution in [1.29, 1.82) is 0 Å². The number of aromatic amines is 1. The van der Waals surface area contributed by atoms with Gasteiger partial charge in [-0.2, -0.15) is 0 Å². The normalized spacial score (nSPS) is 25.9. The number of nitrogens with zero attached hydrogens (tertiary/aromatic N) is 3. The number of rotatable bonds is 3. The number of aryl methyl sites for hydroxylation is 1. The third-order valence-corrected chi connectivity index (χ3v) is 7.63. The predicted octanol–water partition coefficient (Wildman–Crippen LogP) is 0.903. The lowest BCUT2D eigenvalue weighted by atomic mass is 10.0. The van der Waals surface area contributed by atoms with Crippen LogP contribution in [0.3, 0.4) is 0 Å². The van der Waals surface area contributed by atoms with Crippen molar-refractivity contribution < 1.29 is 13.2 Å². The highest BCUT2D eigenvalue weighted by atomic mass is 32.2. The Bertz CT molecular complexity index is 875. The lowest BCUT2D eigenvalue weighted by Crippen LogP contribution is -2.60. The molecule has 134 valence electrons. The minimum Gasteiger partial charge on any atom is -0.348 e. The molecule has 4 heterocycles. The lowest BCUT2D eigenvalue weighted by Gasteiger charge is -2.43. The van der Waals surface area contributed by atoms with E-state index >= 15 is 0 Å². The van der Waals surface area contributed by atoms with Gasteiger partial charge in [-0.05, 0) is 18.4 Å². The highest BCUT2D eigenvalue weighted by Gasteiger charge is 2.48. The molecular weight excluding hydrogens is 360 g/mol. The first-order chi connectivity index (χ1) is 11.9. The van der Waals surface area contributed by atoms with Crippen LogP contribution >= 0.6 is 11.3 Å². The van der Waals surface area contributed by atoms with Crippen LogP contribution in [0, 0.1) is 6.92 Å². The molecule has 2 aromatic heterocycles. The summed E-state index contributed by atoms with van der Waals surface area (Å²) in [5.74, 6) is 0.0953. The van der Waals surface area contributed by atoms with E-state index in [0.717, 1.165) is 11.4 Å². The van der Waals surface area contributed by atoms with E-state index in [0.29, 0.717) is 24.5 Å². The number of carbonyl (C=O) groups excluding carboxylic acids is 1. The van der Waals surface area contributed by atoms with Gasteiger partial charge in [0.05, 0.1) is 34.4 Å². The number of thiophene rings is 1. The number of H-pyrrole nitrogens is 1. The molecule has 2 aliphatic rings. The zero-order valence-corrected chi connectivity index (χ0v) is 15.5. The fraction of sp³-hybridized carbons (Fsp3) is 0.500. The van der Waals surface area contributed by atoms with Crippen LogP contribution in [-0.2, 0) is 16.4 Å². The minimum atomic E-state index is -3.15. The molecule has 0 saturated carbocycles. The molecule has 2 saturated heterocycles. The van der Waals surface area contributed by atoms with E-state index in [1.807, 2.05) is 18.4 Å². The molecule has 9 heteroatoms. The van der Waals surface area contributed by atoms with Crippen molar-refractivity contribution in [3.05, 3.63) is 40.1 Å². The number of amides is 1. The summed E-state index contributed by atoms with van der Waals surface area (Å²) < 4.78 is 24.6. The van der Waals surface area contributed by atoms with Crippen molar-refractivity contribution in [2.45, 2.75) is 25.6 Å². The van der Waals surface area contributed by atoms with Crippen LogP contribution in [-0.4, -0.2) is 70.8 Å². The smallest absolute Gasteiger partial charge is 0.264 e. The number of hydrogen-bond acceptors (Lipinski definition) is 6. The van der Waals surface area contributed by atoms with Crippen molar-refractivity contribution >= 4 is 27.1 Å². The average Bonchev–Trinajstić information content (AvgIpc) is 3.27. The van der Waals surface area contributed by atoms with E-state index < -0.39 is 9.84 Å². The molecular formula is C16H20N4O3S2. The summed E-state index contributed by atoms with van der Waals surface area (Å²) in [5, 5.41) is 1.87. The van der Waals surface area contributed by atoms with E-state index in [1.54, 1.807) is 17.3 Å². The number of aromatic nitrogens is 2.